The maximum atomic E-state index is 13.3. The molecule has 1 amide bonds. The van der Waals surface area contributed by atoms with Crippen molar-refractivity contribution in [1.29, 1.82) is 0 Å². The first-order valence-electron chi connectivity index (χ1n) is 9.86. The van der Waals surface area contributed by atoms with Crippen molar-refractivity contribution in [2.24, 2.45) is 10.7 Å². The zero-order valence-electron chi connectivity index (χ0n) is 17.0. The van der Waals surface area contributed by atoms with E-state index >= 15 is 0 Å². The molecule has 1 saturated carbocycles. The number of allylic oxidation sites excluding steroid dienone is 2. The van der Waals surface area contributed by atoms with Crippen molar-refractivity contribution in [2.75, 3.05) is 0 Å². The molecule has 0 aromatic heterocycles. The highest BCUT2D eigenvalue weighted by Gasteiger charge is 2.19. The Hall–Kier alpha value is -2.35. The molecule has 168 valence electrons. The molecule has 0 aliphatic heterocycles. The number of hydrogen-bond acceptors (Lipinski definition) is 4. The largest absolute Gasteiger partial charge is 0.404 e. The zero-order valence-corrected chi connectivity index (χ0v) is 19.3. The Morgan fingerprint density at radius 2 is 1.84 bits per heavy atom. The number of carbonyl (C=O) groups is 1. The minimum atomic E-state index is -0.700. The zero-order chi connectivity index (χ0) is 23.1. The third-order valence-electron chi connectivity index (χ3n) is 4.78. The van der Waals surface area contributed by atoms with E-state index in [1.165, 1.54) is 0 Å². The molecular weight excluding hydrogens is 475 g/mol. The van der Waals surface area contributed by atoms with Gasteiger partial charge in [-0.2, -0.15) is 0 Å². The molecular formula is C23H21Cl2F2N3OS. The van der Waals surface area contributed by atoms with Gasteiger partial charge >= 0.3 is 0 Å². The molecule has 1 aliphatic rings. The van der Waals surface area contributed by atoms with E-state index in [4.69, 9.17) is 33.9 Å². The maximum Gasteiger partial charge on any atom is 0.233 e. The first kappa shape index (κ1) is 24.3. The van der Waals surface area contributed by atoms with E-state index in [0.29, 0.717) is 16.6 Å². The Bertz CT molecular complexity index is 1080. The SMILES string of the molecule is NC=C1CCC/C(=C\CC(=O)NSc2cc(F)cc(F)c2)C1=NCc1ccc(Cl)cc1Cl. The Balaban J connectivity index is 1.69. The second-order valence-electron chi connectivity index (χ2n) is 7.11. The molecule has 1 fully saturated rings. The van der Waals surface area contributed by atoms with Crippen molar-refractivity contribution in [3.8, 4) is 0 Å². The van der Waals surface area contributed by atoms with Crippen LogP contribution in [0.15, 0.2) is 69.7 Å². The number of nitrogens with two attached hydrogens (primary N) is 1. The molecule has 0 atom stereocenters. The van der Waals surface area contributed by atoms with E-state index < -0.39 is 11.6 Å². The number of nitrogens with one attached hydrogen (secondary N) is 1. The molecule has 0 spiro atoms. The van der Waals surface area contributed by atoms with Gasteiger partial charge in [0.15, 0.2) is 0 Å². The summed E-state index contributed by atoms with van der Waals surface area (Å²) in [5.41, 5.74) is 9.25. The van der Waals surface area contributed by atoms with Gasteiger partial charge in [-0.05, 0) is 78.4 Å². The van der Waals surface area contributed by atoms with Crippen LogP contribution in [0.3, 0.4) is 0 Å². The summed E-state index contributed by atoms with van der Waals surface area (Å²) < 4.78 is 29.1. The van der Waals surface area contributed by atoms with E-state index in [9.17, 15) is 13.6 Å². The molecule has 3 rings (SSSR count). The lowest BCUT2D eigenvalue weighted by molar-refractivity contribution is -0.118. The number of aliphatic imine (C=N–C) groups is 1. The second kappa shape index (κ2) is 11.5. The molecule has 0 heterocycles. The minimum absolute atomic E-state index is 0.0959. The first-order valence-corrected chi connectivity index (χ1v) is 11.4. The quantitative estimate of drug-likeness (QED) is 0.456. The molecule has 3 N–H and O–H groups in total. The number of halogens is 4. The van der Waals surface area contributed by atoms with Crippen LogP contribution < -0.4 is 10.5 Å². The van der Waals surface area contributed by atoms with Crippen molar-refractivity contribution in [1.82, 2.24) is 4.72 Å². The molecule has 2 aromatic rings. The van der Waals surface area contributed by atoms with Crippen LogP contribution in [-0.2, 0) is 11.3 Å². The lowest BCUT2D eigenvalue weighted by Gasteiger charge is -2.20. The number of hydrogen-bond donors (Lipinski definition) is 2. The topological polar surface area (TPSA) is 67.5 Å². The standard InChI is InChI=1S/C23H21Cl2F2N3OS/c24-17-6-4-16(21(25)8-17)13-29-23-14(2-1-3-15(23)12-28)5-7-22(31)30-32-20-10-18(26)9-19(27)11-20/h4-6,8-12H,1-3,7,13,28H2,(H,30,31)/b14-5+,15-12?,29-23?. The monoisotopic (exact) mass is 495 g/mol. The molecule has 4 nitrogen and oxygen atoms in total. The summed E-state index contributed by atoms with van der Waals surface area (Å²) in [7, 11) is 0. The Morgan fingerprint density at radius 1 is 1.12 bits per heavy atom. The van der Waals surface area contributed by atoms with Crippen molar-refractivity contribution < 1.29 is 13.6 Å². The van der Waals surface area contributed by atoms with Crippen LogP contribution in [0, 0.1) is 11.6 Å². The number of carbonyl (C=O) groups excluding carboxylic acids is 1. The van der Waals surface area contributed by atoms with Crippen LogP contribution in [0.25, 0.3) is 0 Å². The first-order chi connectivity index (χ1) is 15.4. The van der Waals surface area contributed by atoms with E-state index in [0.717, 1.165) is 71.8 Å². The molecule has 0 saturated heterocycles. The van der Waals surface area contributed by atoms with E-state index in [2.05, 4.69) is 4.72 Å². The predicted molar refractivity (Wildman–Crippen MR) is 127 cm³/mol. The molecule has 0 radical (unpaired) electrons. The van der Waals surface area contributed by atoms with Gasteiger partial charge in [0, 0.05) is 27.4 Å². The molecule has 0 bridgehead atoms. The van der Waals surface area contributed by atoms with Gasteiger partial charge in [0.1, 0.15) is 11.6 Å². The van der Waals surface area contributed by atoms with Crippen molar-refractivity contribution >= 4 is 46.8 Å². The number of rotatable bonds is 6. The second-order valence-corrected chi connectivity index (χ2v) is 8.84. The summed E-state index contributed by atoms with van der Waals surface area (Å²) in [5, 5.41) is 1.09. The van der Waals surface area contributed by atoms with Crippen LogP contribution in [0.4, 0.5) is 8.78 Å². The summed E-state index contributed by atoms with van der Waals surface area (Å²) in [6.45, 7) is 0.354. The molecule has 0 unspecified atom stereocenters. The van der Waals surface area contributed by atoms with Crippen molar-refractivity contribution in [2.45, 2.75) is 37.1 Å². The molecule has 1 aliphatic carbocycles. The smallest absolute Gasteiger partial charge is 0.233 e. The highest BCUT2D eigenvalue weighted by molar-refractivity contribution is 7.98. The van der Waals surface area contributed by atoms with Crippen LogP contribution in [0.1, 0.15) is 31.2 Å². The Labute approximate surface area is 199 Å². The normalized spacial score (nSPS) is 17.8. The van der Waals surface area contributed by atoms with E-state index in [1.54, 1.807) is 18.3 Å². The third-order valence-corrected chi connectivity index (χ3v) is 6.17. The summed E-state index contributed by atoms with van der Waals surface area (Å²) in [5.74, 6) is -1.70. The fourth-order valence-electron chi connectivity index (χ4n) is 3.25. The fraction of sp³-hybridized carbons (Fsp3) is 0.217. The number of amides is 1. The highest BCUT2D eigenvalue weighted by Crippen LogP contribution is 2.28. The lowest BCUT2D eigenvalue weighted by atomic mass is 9.88. The average molecular weight is 496 g/mol. The van der Waals surface area contributed by atoms with Gasteiger partial charge in [0.2, 0.25) is 5.91 Å². The van der Waals surface area contributed by atoms with Gasteiger partial charge < -0.3 is 5.73 Å². The molecule has 32 heavy (non-hydrogen) atoms. The molecule has 9 heteroatoms. The van der Waals surface area contributed by atoms with Gasteiger partial charge in [-0.3, -0.25) is 14.5 Å². The van der Waals surface area contributed by atoms with Gasteiger partial charge in [0.25, 0.3) is 0 Å². The van der Waals surface area contributed by atoms with Crippen LogP contribution in [-0.4, -0.2) is 11.6 Å². The number of benzene rings is 2. The number of nitrogens with zero attached hydrogens (tertiary/aromatic N) is 1. The summed E-state index contributed by atoms with van der Waals surface area (Å²) in [4.78, 5) is 17.3. The Morgan fingerprint density at radius 3 is 2.53 bits per heavy atom. The van der Waals surface area contributed by atoms with Crippen LogP contribution in [0.2, 0.25) is 10.0 Å². The summed E-state index contributed by atoms with van der Waals surface area (Å²) in [6.07, 6.45) is 5.91. The third kappa shape index (κ3) is 6.82. The average Bonchev–Trinajstić information content (AvgIpc) is 2.75. The van der Waals surface area contributed by atoms with Gasteiger partial charge in [-0.25, -0.2) is 8.78 Å². The van der Waals surface area contributed by atoms with Crippen molar-refractivity contribution in [3.05, 3.63) is 87.1 Å². The molecule has 2 aromatic carbocycles. The maximum absolute atomic E-state index is 13.3. The van der Waals surface area contributed by atoms with E-state index in [-0.39, 0.29) is 17.2 Å². The van der Waals surface area contributed by atoms with Crippen LogP contribution >= 0.6 is 35.1 Å². The Kier molecular flexibility index (Phi) is 8.73. The lowest BCUT2D eigenvalue weighted by Crippen LogP contribution is -2.18. The summed E-state index contributed by atoms with van der Waals surface area (Å²) in [6, 6.07) is 8.33. The fourth-order valence-corrected chi connectivity index (χ4v) is 4.38. The van der Waals surface area contributed by atoms with Crippen LogP contribution in [0.5, 0.6) is 0 Å². The van der Waals surface area contributed by atoms with Gasteiger partial charge in [-0.1, -0.05) is 35.3 Å². The van der Waals surface area contributed by atoms with Crippen molar-refractivity contribution in [3.63, 3.8) is 0 Å². The minimum Gasteiger partial charge on any atom is -0.404 e. The highest BCUT2D eigenvalue weighted by atomic mass is 35.5. The van der Waals surface area contributed by atoms with Gasteiger partial charge in [0.05, 0.1) is 12.3 Å². The van der Waals surface area contributed by atoms with Gasteiger partial charge in [-0.15, -0.1) is 0 Å². The van der Waals surface area contributed by atoms with E-state index in [1.807, 2.05) is 12.1 Å². The predicted octanol–water partition coefficient (Wildman–Crippen LogP) is 6.38. The summed E-state index contributed by atoms with van der Waals surface area (Å²) >= 11 is 13.1.